The van der Waals surface area contributed by atoms with Crippen LogP contribution in [0, 0.1) is 0 Å². The molecule has 0 aliphatic heterocycles. The molecule has 2 fully saturated rings. The van der Waals surface area contributed by atoms with E-state index in [1.165, 1.54) is 25.7 Å². The molecule has 1 heterocycles. The number of hydrogen-bond donors (Lipinski definition) is 1. The molecule has 21 heavy (non-hydrogen) atoms. The number of aromatic nitrogens is 2. The topological polar surface area (TPSA) is 74.2 Å². The van der Waals surface area contributed by atoms with Gasteiger partial charge in [-0.2, -0.15) is 4.98 Å². The van der Waals surface area contributed by atoms with Crippen LogP contribution < -0.4 is 5.73 Å². The highest BCUT2D eigenvalue weighted by Gasteiger charge is 2.40. The van der Waals surface area contributed by atoms with Crippen LogP contribution in [0.1, 0.15) is 82.3 Å². The van der Waals surface area contributed by atoms with Gasteiger partial charge in [0.25, 0.3) is 0 Å². The molecule has 2 aliphatic carbocycles. The van der Waals surface area contributed by atoms with Gasteiger partial charge in [-0.15, -0.1) is 0 Å². The largest absolute Gasteiger partial charge is 0.367 e. The Bertz CT molecular complexity index is 452. The van der Waals surface area contributed by atoms with Gasteiger partial charge < -0.3 is 15.0 Å². The molecule has 2 unspecified atom stereocenters. The van der Waals surface area contributed by atoms with Crippen molar-refractivity contribution in [2.75, 3.05) is 6.61 Å². The number of nitrogens with zero attached hydrogens (tertiary/aromatic N) is 2. The van der Waals surface area contributed by atoms with Gasteiger partial charge in [-0.25, -0.2) is 0 Å². The first-order valence-corrected chi connectivity index (χ1v) is 8.49. The van der Waals surface area contributed by atoms with E-state index in [-0.39, 0.29) is 17.6 Å². The Kier molecular flexibility index (Phi) is 4.60. The fourth-order valence-corrected chi connectivity index (χ4v) is 3.87. The first-order chi connectivity index (χ1) is 10.2. The van der Waals surface area contributed by atoms with Gasteiger partial charge in [0.05, 0.1) is 5.92 Å². The summed E-state index contributed by atoms with van der Waals surface area (Å²) in [5, 5.41) is 4.28. The summed E-state index contributed by atoms with van der Waals surface area (Å²) < 4.78 is 11.7. The molecule has 3 rings (SSSR count). The fourth-order valence-electron chi connectivity index (χ4n) is 3.87. The molecule has 0 bridgehead atoms. The fraction of sp³-hybridized carbons (Fsp3) is 0.875. The van der Waals surface area contributed by atoms with Crippen LogP contribution >= 0.6 is 0 Å². The van der Waals surface area contributed by atoms with Crippen molar-refractivity contribution in [3.8, 4) is 0 Å². The molecule has 5 heteroatoms. The number of ether oxygens (including phenoxy) is 1. The lowest BCUT2D eigenvalue weighted by Gasteiger charge is -2.29. The Labute approximate surface area is 126 Å². The maximum Gasteiger partial charge on any atom is 0.231 e. The van der Waals surface area contributed by atoms with E-state index in [0.717, 1.165) is 43.8 Å². The number of nitrogens with two attached hydrogens (primary N) is 1. The van der Waals surface area contributed by atoms with Gasteiger partial charge in [-0.1, -0.05) is 37.3 Å². The van der Waals surface area contributed by atoms with Gasteiger partial charge in [0.15, 0.2) is 0 Å². The third-order valence-electron chi connectivity index (χ3n) is 5.07. The molecule has 0 radical (unpaired) electrons. The lowest BCUT2D eigenvalue weighted by atomic mass is 9.93. The Morgan fingerprint density at radius 3 is 2.57 bits per heavy atom. The second-order valence-corrected chi connectivity index (χ2v) is 6.50. The molecule has 1 aromatic heterocycles. The lowest BCUT2D eigenvalue weighted by molar-refractivity contribution is -0.0636. The van der Waals surface area contributed by atoms with Crippen molar-refractivity contribution in [1.29, 1.82) is 0 Å². The predicted molar refractivity (Wildman–Crippen MR) is 79.9 cm³/mol. The van der Waals surface area contributed by atoms with Crippen molar-refractivity contribution in [2.24, 2.45) is 5.73 Å². The van der Waals surface area contributed by atoms with E-state index in [4.69, 9.17) is 20.0 Å². The van der Waals surface area contributed by atoms with Crippen molar-refractivity contribution in [2.45, 2.75) is 82.3 Å². The summed E-state index contributed by atoms with van der Waals surface area (Å²) in [7, 11) is 0. The summed E-state index contributed by atoms with van der Waals surface area (Å²) in [5.41, 5.74) is 5.82. The lowest BCUT2D eigenvalue weighted by Crippen LogP contribution is -2.31. The predicted octanol–water partition coefficient (Wildman–Crippen LogP) is 3.25. The molecule has 2 N–H and O–H groups in total. The van der Waals surface area contributed by atoms with Crippen LogP contribution in [0.3, 0.4) is 0 Å². The van der Waals surface area contributed by atoms with Crippen LogP contribution in [0.25, 0.3) is 0 Å². The zero-order valence-corrected chi connectivity index (χ0v) is 13.0. The molecule has 0 spiro atoms. The van der Waals surface area contributed by atoms with Gasteiger partial charge in [-0.3, -0.25) is 0 Å². The highest BCUT2D eigenvalue weighted by molar-refractivity contribution is 5.07. The minimum atomic E-state index is -0.338. The van der Waals surface area contributed by atoms with E-state index in [0.29, 0.717) is 6.61 Å². The smallest absolute Gasteiger partial charge is 0.231 e. The average Bonchev–Trinajstić information content (AvgIpc) is 3.05. The van der Waals surface area contributed by atoms with E-state index < -0.39 is 0 Å². The number of hydrogen-bond acceptors (Lipinski definition) is 5. The van der Waals surface area contributed by atoms with Gasteiger partial charge in [0, 0.05) is 12.6 Å². The van der Waals surface area contributed by atoms with Crippen molar-refractivity contribution >= 4 is 0 Å². The first kappa shape index (κ1) is 15.0. The summed E-state index contributed by atoms with van der Waals surface area (Å²) in [6.07, 6.45) is 10.1. The first-order valence-electron chi connectivity index (χ1n) is 8.49. The second kappa shape index (κ2) is 6.44. The zero-order chi connectivity index (χ0) is 14.7. The molecular weight excluding hydrogens is 266 g/mol. The van der Waals surface area contributed by atoms with E-state index in [2.05, 4.69) is 5.16 Å². The normalized spacial score (nSPS) is 29.4. The summed E-state index contributed by atoms with van der Waals surface area (Å²) in [4.78, 5) is 4.72. The third-order valence-corrected chi connectivity index (χ3v) is 5.07. The maximum absolute atomic E-state index is 6.16. The van der Waals surface area contributed by atoms with Gasteiger partial charge in [0.1, 0.15) is 5.60 Å². The SMILES string of the molecule is CCOC1(c2noc(C3CCCC3N)n2)CCCCCC1. The summed E-state index contributed by atoms with van der Waals surface area (Å²) in [6.45, 7) is 2.73. The molecule has 2 saturated carbocycles. The summed E-state index contributed by atoms with van der Waals surface area (Å²) in [5.74, 6) is 1.70. The molecule has 1 aromatic rings. The van der Waals surface area contributed by atoms with Gasteiger partial charge in [-0.05, 0) is 32.6 Å². The molecule has 0 amide bonds. The quantitative estimate of drug-likeness (QED) is 0.862. The molecule has 2 aliphatic rings. The second-order valence-electron chi connectivity index (χ2n) is 6.50. The summed E-state index contributed by atoms with van der Waals surface area (Å²) in [6, 6.07) is 0.162. The Hall–Kier alpha value is -0.940. The molecule has 118 valence electrons. The minimum Gasteiger partial charge on any atom is -0.367 e. The Balaban J connectivity index is 1.84. The Morgan fingerprint density at radius 1 is 1.19 bits per heavy atom. The van der Waals surface area contributed by atoms with E-state index in [1.54, 1.807) is 0 Å². The highest BCUT2D eigenvalue weighted by Crippen LogP contribution is 2.39. The van der Waals surface area contributed by atoms with Gasteiger partial charge in [0.2, 0.25) is 11.7 Å². The van der Waals surface area contributed by atoms with E-state index in [9.17, 15) is 0 Å². The van der Waals surface area contributed by atoms with Crippen LogP contribution in [0.4, 0.5) is 0 Å². The maximum atomic E-state index is 6.16. The van der Waals surface area contributed by atoms with E-state index in [1.807, 2.05) is 6.92 Å². The standard InChI is InChI=1S/C16H27N3O2/c1-2-20-16(10-5-3-4-6-11-16)15-18-14(21-19-15)12-8-7-9-13(12)17/h12-13H,2-11,17H2,1H3. The molecule has 5 nitrogen and oxygen atoms in total. The average molecular weight is 293 g/mol. The van der Waals surface area contributed by atoms with Crippen molar-refractivity contribution in [3.05, 3.63) is 11.7 Å². The van der Waals surface area contributed by atoms with Crippen LogP contribution in [0.5, 0.6) is 0 Å². The van der Waals surface area contributed by atoms with E-state index >= 15 is 0 Å². The molecule has 2 atom stereocenters. The number of rotatable bonds is 4. The third kappa shape index (κ3) is 2.99. The van der Waals surface area contributed by atoms with Crippen LogP contribution in [0.2, 0.25) is 0 Å². The van der Waals surface area contributed by atoms with Gasteiger partial charge >= 0.3 is 0 Å². The van der Waals surface area contributed by atoms with Crippen LogP contribution in [-0.4, -0.2) is 22.8 Å². The molecule has 0 aromatic carbocycles. The highest BCUT2D eigenvalue weighted by atomic mass is 16.5. The Morgan fingerprint density at radius 2 is 1.95 bits per heavy atom. The minimum absolute atomic E-state index is 0.162. The van der Waals surface area contributed by atoms with Crippen LogP contribution in [-0.2, 0) is 10.3 Å². The molecule has 0 saturated heterocycles. The van der Waals surface area contributed by atoms with Crippen molar-refractivity contribution in [3.63, 3.8) is 0 Å². The molecular formula is C16H27N3O2. The summed E-state index contributed by atoms with van der Waals surface area (Å²) >= 11 is 0. The monoisotopic (exact) mass is 293 g/mol. The van der Waals surface area contributed by atoms with Crippen molar-refractivity contribution in [1.82, 2.24) is 10.1 Å². The van der Waals surface area contributed by atoms with Crippen molar-refractivity contribution < 1.29 is 9.26 Å². The zero-order valence-electron chi connectivity index (χ0n) is 13.0. The van der Waals surface area contributed by atoms with Crippen LogP contribution in [0.15, 0.2) is 4.52 Å².